The van der Waals surface area contributed by atoms with Crippen LogP contribution >= 0.6 is 0 Å². The fourth-order valence-electron chi connectivity index (χ4n) is 2.26. The van der Waals surface area contributed by atoms with Crippen molar-refractivity contribution in [3.05, 3.63) is 71.5 Å². The first-order chi connectivity index (χ1) is 12.1. The molecular weight excluding hydrogens is 320 g/mol. The molecule has 0 aliphatic rings. The Balaban J connectivity index is 1.81. The normalized spacial score (nSPS) is 11.1. The van der Waals surface area contributed by atoms with Crippen LogP contribution in [0.15, 0.2) is 64.6 Å². The fourth-order valence-corrected chi connectivity index (χ4v) is 2.26. The van der Waals surface area contributed by atoms with Crippen LogP contribution in [0.1, 0.15) is 16.1 Å². The Morgan fingerprint density at radius 1 is 1.12 bits per heavy atom. The molecule has 6 heteroatoms. The van der Waals surface area contributed by atoms with Crippen molar-refractivity contribution in [1.82, 2.24) is 0 Å². The van der Waals surface area contributed by atoms with Crippen molar-refractivity contribution in [1.29, 1.82) is 5.26 Å². The minimum absolute atomic E-state index is 0.108. The van der Waals surface area contributed by atoms with Crippen LogP contribution in [0.2, 0.25) is 0 Å². The van der Waals surface area contributed by atoms with Gasteiger partial charge in [-0.2, -0.15) is 5.26 Å². The van der Waals surface area contributed by atoms with E-state index in [9.17, 15) is 14.9 Å². The molecule has 0 spiro atoms. The van der Waals surface area contributed by atoms with Gasteiger partial charge in [-0.05, 0) is 36.4 Å². The van der Waals surface area contributed by atoms with Gasteiger partial charge in [0.25, 0.3) is 5.91 Å². The molecule has 0 atom stereocenters. The van der Waals surface area contributed by atoms with Crippen molar-refractivity contribution in [2.75, 3.05) is 5.32 Å². The zero-order valence-corrected chi connectivity index (χ0v) is 12.9. The number of furan rings is 1. The van der Waals surface area contributed by atoms with Crippen LogP contribution in [0.3, 0.4) is 0 Å². The summed E-state index contributed by atoms with van der Waals surface area (Å²) in [5.74, 6) is -1.26. The molecule has 25 heavy (non-hydrogen) atoms. The Kier molecular flexibility index (Phi) is 4.31. The molecule has 122 valence electrons. The third-order valence-corrected chi connectivity index (χ3v) is 3.49. The minimum Gasteiger partial charge on any atom is -0.478 e. The molecule has 0 fully saturated rings. The number of carboxylic acids is 1. The number of para-hydroxylation sites is 1. The summed E-state index contributed by atoms with van der Waals surface area (Å²) >= 11 is 0. The molecule has 1 heterocycles. The number of nitrogens with zero attached hydrogens (tertiary/aromatic N) is 1. The van der Waals surface area contributed by atoms with E-state index in [1.807, 2.05) is 24.3 Å². The second-order valence-electron chi connectivity index (χ2n) is 5.19. The van der Waals surface area contributed by atoms with Crippen molar-refractivity contribution < 1.29 is 19.1 Å². The molecule has 6 nitrogen and oxygen atoms in total. The molecule has 0 bridgehead atoms. The lowest BCUT2D eigenvalue weighted by atomic mass is 10.2. The summed E-state index contributed by atoms with van der Waals surface area (Å²) in [7, 11) is 0. The van der Waals surface area contributed by atoms with Crippen LogP contribution in [0.25, 0.3) is 17.0 Å². The molecule has 0 saturated heterocycles. The van der Waals surface area contributed by atoms with E-state index >= 15 is 0 Å². The summed E-state index contributed by atoms with van der Waals surface area (Å²) in [5.41, 5.74) is 1.04. The summed E-state index contributed by atoms with van der Waals surface area (Å²) in [6.45, 7) is 0. The maximum absolute atomic E-state index is 12.2. The predicted octanol–water partition coefficient (Wildman–Crippen LogP) is 3.68. The molecule has 2 N–H and O–H groups in total. The van der Waals surface area contributed by atoms with Gasteiger partial charge < -0.3 is 14.8 Å². The molecule has 1 amide bonds. The number of aromatic carboxylic acids is 1. The van der Waals surface area contributed by atoms with Gasteiger partial charge in [-0.3, -0.25) is 4.79 Å². The summed E-state index contributed by atoms with van der Waals surface area (Å²) in [6.07, 6.45) is 1.36. The van der Waals surface area contributed by atoms with Gasteiger partial charge in [0, 0.05) is 17.1 Å². The van der Waals surface area contributed by atoms with Crippen molar-refractivity contribution in [2.45, 2.75) is 0 Å². The van der Waals surface area contributed by atoms with Gasteiger partial charge >= 0.3 is 5.97 Å². The van der Waals surface area contributed by atoms with Crippen molar-refractivity contribution in [3.8, 4) is 6.07 Å². The zero-order valence-electron chi connectivity index (χ0n) is 12.9. The molecule has 3 rings (SSSR count). The summed E-state index contributed by atoms with van der Waals surface area (Å²) in [5, 5.41) is 21.5. The number of rotatable bonds is 4. The summed E-state index contributed by atoms with van der Waals surface area (Å²) < 4.78 is 5.57. The Labute approximate surface area is 142 Å². The summed E-state index contributed by atoms with van der Waals surface area (Å²) in [4.78, 5) is 23.0. The molecule has 1 aromatic heterocycles. The lowest BCUT2D eigenvalue weighted by Crippen LogP contribution is -2.13. The fraction of sp³-hybridized carbons (Fsp3) is 0. The first kappa shape index (κ1) is 16.0. The average molecular weight is 332 g/mol. The number of nitriles is 1. The zero-order chi connectivity index (χ0) is 17.8. The molecule has 2 aromatic carbocycles. The van der Waals surface area contributed by atoms with E-state index in [0.717, 1.165) is 5.39 Å². The number of anilines is 1. The van der Waals surface area contributed by atoms with E-state index in [-0.39, 0.29) is 11.1 Å². The number of carbonyl (C=O) groups excluding carboxylic acids is 1. The van der Waals surface area contributed by atoms with Crippen molar-refractivity contribution >= 4 is 34.6 Å². The van der Waals surface area contributed by atoms with Gasteiger partial charge in [0.15, 0.2) is 0 Å². The maximum atomic E-state index is 12.2. The van der Waals surface area contributed by atoms with Crippen LogP contribution in [0.4, 0.5) is 5.69 Å². The number of hydrogen-bond donors (Lipinski definition) is 2. The summed E-state index contributed by atoms with van der Waals surface area (Å²) in [6, 6.07) is 16.6. The van der Waals surface area contributed by atoms with Gasteiger partial charge in [0.2, 0.25) is 0 Å². The Bertz CT molecular complexity index is 991. The first-order valence-corrected chi connectivity index (χ1v) is 7.32. The number of amides is 1. The second-order valence-corrected chi connectivity index (χ2v) is 5.19. The standard InChI is InChI=1S/C19H12N2O4/c20-11-14(10-16-9-13-3-1-2-4-17(13)25-16)18(22)21-15-7-5-12(6-8-15)19(23)24/h1-10H,(H,21,22)(H,23,24)/b14-10-. The highest BCUT2D eigenvalue weighted by Crippen LogP contribution is 2.21. The number of hydrogen-bond acceptors (Lipinski definition) is 4. The number of carboxylic acid groups (broad SMARTS) is 1. The van der Waals surface area contributed by atoms with Crippen LogP contribution in [0, 0.1) is 11.3 Å². The third kappa shape index (κ3) is 3.57. The van der Waals surface area contributed by atoms with Crippen molar-refractivity contribution in [2.24, 2.45) is 0 Å². The van der Waals surface area contributed by atoms with Gasteiger partial charge in [0.05, 0.1) is 5.56 Å². The molecule has 0 radical (unpaired) electrons. The molecule has 0 saturated carbocycles. The predicted molar refractivity (Wildman–Crippen MR) is 91.8 cm³/mol. The van der Waals surface area contributed by atoms with Gasteiger partial charge in [-0.1, -0.05) is 18.2 Å². The van der Waals surface area contributed by atoms with Gasteiger partial charge in [-0.25, -0.2) is 4.79 Å². The van der Waals surface area contributed by atoms with Crippen LogP contribution in [0.5, 0.6) is 0 Å². The third-order valence-electron chi connectivity index (χ3n) is 3.49. The Morgan fingerprint density at radius 3 is 2.48 bits per heavy atom. The van der Waals surface area contributed by atoms with Crippen LogP contribution in [-0.2, 0) is 4.79 Å². The average Bonchev–Trinajstić information content (AvgIpc) is 3.02. The van der Waals surface area contributed by atoms with E-state index in [4.69, 9.17) is 9.52 Å². The number of fused-ring (bicyclic) bond motifs is 1. The first-order valence-electron chi connectivity index (χ1n) is 7.32. The van der Waals surface area contributed by atoms with Crippen molar-refractivity contribution in [3.63, 3.8) is 0 Å². The van der Waals surface area contributed by atoms with E-state index < -0.39 is 11.9 Å². The maximum Gasteiger partial charge on any atom is 0.335 e. The highest BCUT2D eigenvalue weighted by molar-refractivity contribution is 6.09. The molecule has 0 unspecified atom stereocenters. The monoisotopic (exact) mass is 332 g/mol. The van der Waals surface area contributed by atoms with E-state index in [1.54, 1.807) is 12.1 Å². The topological polar surface area (TPSA) is 103 Å². The minimum atomic E-state index is -1.06. The Morgan fingerprint density at radius 2 is 1.84 bits per heavy atom. The molecule has 0 aliphatic carbocycles. The van der Waals surface area contributed by atoms with Crippen LogP contribution < -0.4 is 5.32 Å². The second kappa shape index (κ2) is 6.72. The van der Waals surface area contributed by atoms with E-state index in [2.05, 4.69) is 5.32 Å². The number of benzene rings is 2. The lowest BCUT2D eigenvalue weighted by molar-refractivity contribution is -0.112. The SMILES string of the molecule is N#C/C(=C/c1cc2ccccc2o1)C(=O)Nc1ccc(C(=O)O)cc1. The quantitative estimate of drug-likeness (QED) is 0.560. The molecular formula is C19H12N2O4. The highest BCUT2D eigenvalue weighted by Gasteiger charge is 2.12. The Hall–Kier alpha value is -3.85. The van der Waals surface area contributed by atoms with E-state index in [0.29, 0.717) is 17.0 Å². The number of nitrogens with one attached hydrogen (secondary N) is 1. The lowest BCUT2D eigenvalue weighted by Gasteiger charge is -2.04. The van der Waals surface area contributed by atoms with Crippen LogP contribution in [-0.4, -0.2) is 17.0 Å². The largest absolute Gasteiger partial charge is 0.478 e. The highest BCUT2D eigenvalue weighted by atomic mass is 16.4. The van der Waals surface area contributed by atoms with Gasteiger partial charge in [-0.15, -0.1) is 0 Å². The van der Waals surface area contributed by atoms with E-state index in [1.165, 1.54) is 30.3 Å². The smallest absolute Gasteiger partial charge is 0.335 e. The molecule has 3 aromatic rings. The molecule has 0 aliphatic heterocycles. The number of carbonyl (C=O) groups is 2. The van der Waals surface area contributed by atoms with Gasteiger partial charge in [0.1, 0.15) is 23.0 Å².